The molecule has 0 spiro atoms. The fourth-order valence-electron chi connectivity index (χ4n) is 2.97. The van der Waals surface area contributed by atoms with E-state index in [0.717, 1.165) is 48.8 Å². The van der Waals surface area contributed by atoms with E-state index in [1.807, 2.05) is 25.5 Å². The minimum atomic E-state index is 0.774. The van der Waals surface area contributed by atoms with Crippen molar-refractivity contribution in [3.63, 3.8) is 0 Å². The van der Waals surface area contributed by atoms with E-state index < -0.39 is 0 Å². The summed E-state index contributed by atoms with van der Waals surface area (Å²) in [5.41, 5.74) is 4.34. The van der Waals surface area contributed by atoms with Crippen molar-refractivity contribution in [1.29, 1.82) is 0 Å². The highest BCUT2D eigenvalue weighted by Crippen LogP contribution is 2.26. The lowest BCUT2D eigenvalue weighted by Gasteiger charge is -2.19. The minimum Gasteiger partial charge on any atom is -0.340 e. The molecule has 0 N–H and O–H groups in total. The molecule has 3 aromatic rings. The van der Waals surface area contributed by atoms with Crippen LogP contribution in [-0.4, -0.2) is 42.8 Å². The van der Waals surface area contributed by atoms with Gasteiger partial charge in [0.15, 0.2) is 0 Å². The predicted molar refractivity (Wildman–Crippen MR) is 85.9 cm³/mol. The lowest BCUT2D eigenvalue weighted by molar-refractivity contribution is 0.768. The molecule has 1 aliphatic rings. The molecule has 7 heteroatoms. The maximum atomic E-state index is 4.50. The molecule has 0 aromatic carbocycles. The van der Waals surface area contributed by atoms with Crippen molar-refractivity contribution >= 4 is 5.95 Å². The first-order valence-corrected chi connectivity index (χ1v) is 7.65. The molecule has 116 valence electrons. The number of hydrogen-bond donors (Lipinski definition) is 0. The third-order valence-electron chi connectivity index (χ3n) is 4.10. The van der Waals surface area contributed by atoms with Crippen LogP contribution in [0, 0.1) is 0 Å². The van der Waals surface area contributed by atoms with Gasteiger partial charge in [0.25, 0.3) is 0 Å². The molecule has 0 atom stereocenters. The number of fused-ring (bicyclic) bond motifs is 1. The molecule has 1 aliphatic heterocycles. The van der Waals surface area contributed by atoms with Gasteiger partial charge in [0.2, 0.25) is 5.95 Å². The molecule has 4 rings (SSSR count). The molecule has 0 radical (unpaired) electrons. The number of aromatic nitrogens is 6. The molecule has 23 heavy (non-hydrogen) atoms. The van der Waals surface area contributed by atoms with Crippen LogP contribution in [0.25, 0.3) is 11.3 Å². The average Bonchev–Trinajstić information content (AvgIpc) is 2.90. The Morgan fingerprint density at radius 3 is 2.61 bits per heavy atom. The molecule has 0 bridgehead atoms. The van der Waals surface area contributed by atoms with Crippen molar-refractivity contribution in [3.8, 4) is 11.3 Å². The molecule has 7 nitrogen and oxygen atoms in total. The highest BCUT2D eigenvalue weighted by atomic mass is 15.2. The van der Waals surface area contributed by atoms with Gasteiger partial charge < -0.3 is 4.90 Å². The smallest absolute Gasteiger partial charge is 0.225 e. The number of hydrogen-bond acceptors (Lipinski definition) is 6. The molecule has 0 saturated heterocycles. The van der Waals surface area contributed by atoms with Gasteiger partial charge >= 0.3 is 0 Å². The highest BCUT2D eigenvalue weighted by molar-refractivity contribution is 5.62. The molecular weight excluding hydrogens is 290 g/mol. The van der Waals surface area contributed by atoms with E-state index in [1.165, 1.54) is 5.56 Å². The standard InChI is InChI=1S/C16H17N7/c1-22-10-12(9-21-22)15-13-3-7-23(16-17-5-2-6-18-16)8-4-14(13)19-11-20-15/h2,5-6,9-11H,3-4,7-8H2,1H3. The SMILES string of the molecule is Cn1cc(-c2ncnc3c2CCN(c2ncccn2)CC3)cn1. The number of nitrogens with zero attached hydrogens (tertiary/aromatic N) is 7. The fourth-order valence-corrected chi connectivity index (χ4v) is 2.97. The highest BCUT2D eigenvalue weighted by Gasteiger charge is 2.20. The normalized spacial score (nSPS) is 14.4. The van der Waals surface area contributed by atoms with Gasteiger partial charge in [-0.3, -0.25) is 4.68 Å². The molecule has 0 fully saturated rings. The Hall–Kier alpha value is -2.83. The summed E-state index contributed by atoms with van der Waals surface area (Å²) in [6.45, 7) is 1.72. The first kappa shape index (κ1) is 13.8. The van der Waals surface area contributed by atoms with Crippen molar-refractivity contribution in [3.05, 3.63) is 48.4 Å². The van der Waals surface area contributed by atoms with Crippen LogP contribution in [0.3, 0.4) is 0 Å². The summed E-state index contributed by atoms with van der Waals surface area (Å²) in [5, 5.41) is 4.25. The minimum absolute atomic E-state index is 0.774. The Morgan fingerprint density at radius 2 is 1.83 bits per heavy atom. The first-order valence-electron chi connectivity index (χ1n) is 7.65. The van der Waals surface area contributed by atoms with E-state index in [0.29, 0.717) is 0 Å². The fraction of sp³-hybridized carbons (Fsp3) is 0.312. The monoisotopic (exact) mass is 307 g/mol. The number of aryl methyl sites for hydroxylation is 1. The third kappa shape index (κ3) is 2.65. The van der Waals surface area contributed by atoms with Crippen LogP contribution in [-0.2, 0) is 19.9 Å². The lowest BCUT2D eigenvalue weighted by atomic mass is 10.0. The van der Waals surface area contributed by atoms with E-state index in [-0.39, 0.29) is 0 Å². The van der Waals surface area contributed by atoms with Gasteiger partial charge in [-0.15, -0.1) is 0 Å². The molecule has 4 heterocycles. The van der Waals surface area contributed by atoms with Crippen molar-refractivity contribution in [1.82, 2.24) is 29.7 Å². The summed E-state index contributed by atoms with van der Waals surface area (Å²) >= 11 is 0. The first-order chi connectivity index (χ1) is 11.3. The van der Waals surface area contributed by atoms with Crippen LogP contribution in [0.4, 0.5) is 5.95 Å². The van der Waals surface area contributed by atoms with Crippen LogP contribution in [0.2, 0.25) is 0 Å². The third-order valence-corrected chi connectivity index (χ3v) is 4.10. The Labute approximate surface area is 134 Å². The van der Waals surface area contributed by atoms with Crippen LogP contribution in [0.5, 0.6) is 0 Å². The van der Waals surface area contributed by atoms with Crippen LogP contribution in [0.15, 0.2) is 37.2 Å². The van der Waals surface area contributed by atoms with Gasteiger partial charge in [-0.1, -0.05) is 0 Å². The summed E-state index contributed by atoms with van der Waals surface area (Å²) in [4.78, 5) is 19.9. The topological polar surface area (TPSA) is 72.6 Å². The molecule has 0 amide bonds. The zero-order valence-electron chi connectivity index (χ0n) is 12.9. The largest absolute Gasteiger partial charge is 0.340 e. The van der Waals surface area contributed by atoms with Crippen molar-refractivity contribution < 1.29 is 0 Å². The Morgan fingerprint density at radius 1 is 1.00 bits per heavy atom. The van der Waals surface area contributed by atoms with E-state index >= 15 is 0 Å². The van der Waals surface area contributed by atoms with Crippen LogP contribution >= 0.6 is 0 Å². The Balaban J connectivity index is 1.66. The molecule has 0 aliphatic carbocycles. The average molecular weight is 307 g/mol. The van der Waals surface area contributed by atoms with Gasteiger partial charge in [-0.25, -0.2) is 19.9 Å². The quantitative estimate of drug-likeness (QED) is 0.710. The van der Waals surface area contributed by atoms with Gasteiger partial charge in [0.1, 0.15) is 6.33 Å². The second-order valence-electron chi connectivity index (χ2n) is 5.59. The van der Waals surface area contributed by atoms with Crippen LogP contribution in [0.1, 0.15) is 11.3 Å². The Bertz CT molecular complexity index is 812. The summed E-state index contributed by atoms with van der Waals surface area (Å²) in [6.07, 6.45) is 10.8. The lowest BCUT2D eigenvalue weighted by Crippen LogP contribution is -2.27. The van der Waals surface area contributed by atoms with Gasteiger partial charge in [-0.2, -0.15) is 5.10 Å². The van der Waals surface area contributed by atoms with Gasteiger partial charge in [-0.05, 0) is 12.5 Å². The van der Waals surface area contributed by atoms with Crippen molar-refractivity contribution in [2.45, 2.75) is 12.8 Å². The number of rotatable bonds is 2. The zero-order chi connectivity index (χ0) is 15.6. The van der Waals surface area contributed by atoms with E-state index in [4.69, 9.17) is 0 Å². The summed E-state index contributed by atoms with van der Waals surface area (Å²) in [7, 11) is 1.91. The van der Waals surface area contributed by atoms with E-state index in [2.05, 4.69) is 29.9 Å². The van der Waals surface area contributed by atoms with Gasteiger partial charge in [0, 0.05) is 62.0 Å². The maximum Gasteiger partial charge on any atom is 0.225 e. The summed E-state index contributed by atoms with van der Waals surface area (Å²) in [6, 6.07) is 1.84. The zero-order valence-corrected chi connectivity index (χ0v) is 12.9. The number of anilines is 1. The maximum absolute atomic E-state index is 4.50. The van der Waals surface area contributed by atoms with E-state index in [1.54, 1.807) is 23.4 Å². The Kier molecular flexibility index (Phi) is 3.45. The summed E-state index contributed by atoms with van der Waals surface area (Å²) in [5.74, 6) is 0.774. The summed E-state index contributed by atoms with van der Waals surface area (Å²) < 4.78 is 1.80. The van der Waals surface area contributed by atoms with Gasteiger partial charge in [0.05, 0.1) is 11.9 Å². The van der Waals surface area contributed by atoms with Crippen LogP contribution < -0.4 is 4.90 Å². The predicted octanol–water partition coefficient (Wildman–Crippen LogP) is 1.27. The van der Waals surface area contributed by atoms with Crippen molar-refractivity contribution in [2.24, 2.45) is 7.05 Å². The van der Waals surface area contributed by atoms with Crippen molar-refractivity contribution in [2.75, 3.05) is 18.0 Å². The molecule has 0 unspecified atom stereocenters. The molecular formula is C16H17N7. The molecule has 3 aromatic heterocycles. The second kappa shape index (κ2) is 5.75. The second-order valence-corrected chi connectivity index (χ2v) is 5.59. The van der Waals surface area contributed by atoms with E-state index in [9.17, 15) is 0 Å². The molecule has 0 saturated carbocycles.